The van der Waals surface area contributed by atoms with Gasteiger partial charge in [0.15, 0.2) is 5.01 Å². The molecular formula is C13H13FN2OS. The average molecular weight is 264 g/mol. The molecular weight excluding hydrogens is 251 g/mol. The minimum atomic E-state index is -0.522. The second kappa shape index (κ2) is 5.27. The Morgan fingerprint density at radius 3 is 2.61 bits per heavy atom. The summed E-state index contributed by atoms with van der Waals surface area (Å²) in [4.78, 5) is 16.4. The van der Waals surface area contributed by atoms with Crippen molar-refractivity contribution in [1.29, 1.82) is 0 Å². The minimum absolute atomic E-state index is 0.291. The molecule has 1 aromatic carbocycles. The molecule has 0 radical (unpaired) electrons. The summed E-state index contributed by atoms with van der Waals surface area (Å²) in [6, 6.07) is 6.09. The molecule has 0 saturated heterocycles. The Balaban J connectivity index is 2.47. The van der Waals surface area contributed by atoms with Crippen LogP contribution in [0.2, 0.25) is 0 Å². The van der Waals surface area contributed by atoms with Crippen LogP contribution in [-0.2, 0) is 6.42 Å². The molecule has 1 aromatic heterocycles. The zero-order chi connectivity index (χ0) is 13.1. The second-order valence-electron chi connectivity index (χ2n) is 3.91. The van der Waals surface area contributed by atoms with Gasteiger partial charge in [0.2, 0.25) is 0 Å². The van der Waals surface area contributed by atoms with Crippen molar-refractivity contribution in [3.8, 4) is 11.3 Å². The third-order valence-electron chi connectivity index (χ3n) is 2.50. The van der Waals surface area contributed by atoms with Gasteiger partial charge in [-0.25, -0.2) is 9.37 Å². The van der Waals surface area contributed by atoms with Gasteiger partial charge in [-0.1, -0.05) is 13.3 Å². The van der Waals surface area contributed by atoms with Crippen LogP contribution in [0.1, 0.15) is 28.0 Å². The Morgan fingerprint density at radius 2 is 2.06 bits per heavy atom. The van der Waals surface area contributed by atoms with E-state index in [2.05, 4.69) is 11.9 Å². The Kier molecular flexibility index (Phi) is 3.72. The van der Waals surface area contributed by atoms with Crippen molar-refractivity contribution in [3.05, 3.63) is 40.0 Å². The third kappa shape index (κ3) is 2.56. The number of rotatable bonds is 4. The number of nitrogens with two attached hydrogens (primary N) is 1. The lowest BCUT2D eigenvalue weighted by Gasteiger charge is -2.00. The summed E-state index contributed by atoms with van der Waals surface area (Å²) in [5, 5.41) is 0.303. The number of benzene rings is 1. The van der Waals surface area contributed by atoms with Gasteiger partial charge in [-0.05, 0) is 30.7 Å². The van der Waals surface area contributed by atoms with Crippen LogP contribution in [0.25, 0.3) is 11.3 Å². The number of nitrogens with zero attached hydrogens (tertiary/aromatic N) is 1. The quantitative estimate of drug-likeness (QED) is 0.922. The molecule has 2 N–H and O–H groups in total. The molecule has 0 aliphatic heterocycles. The highest BCUT2D eigenvalue weighted by atomic mass is 32.1. The summed E-state index contributed by atoms with van der Waals surface area (Å²) >= 11 is 1.31. The Hall–Kier alpha value is -1.75. The monoisotopic (exact) mass is 264 g/mol. The Bertz CT molecular complexity index is 563. The van der Waals surface area contributed by atoms with Gasteiger partial charge in [0.1, 0.15) is 5.82 Å². The van der Waals surface area contributed by atoms with Crippen LogP contribution in [0.4, 0.5) is 4.39 Å². The highest BCUT2D eigenvalue weighted by Gasteiger charge is 2.15. The predicted octanol–water partition coefficient (Wildman–Crippen LogP) is 3.00. The normalized spacial score (nSPS) is 10.6. The van der Waals surface area contributed by atoms with E-state index in [-0.39, 0.29) is 5.82 Å². The maximum absolute atomic E-state index is 12.9. The van der Waals surface area contributed by atoms with Crippen molar-refractivity contribution < 1.29 is 9.18 Å². The zero-order valence-electron chi connectivity index (χ0n) is 9.94. The molecule has 3 nitrogen and oxygen atoms in total. The molecule has 0 saturated carbocycles. The molecule has 0 aliphatic carbocycles. The molecule has 2 aromatic rings. The van der Waals surface area contributed by atoms with Crippen LogP contribution in [0.3, 0.4) is 0 Å². The second-order valence-corrected chi connectivity index (χ2v) is 5.00. The summed E-state index contributed by atoms with van der Waals surface area (Å²) in [6.07, 6.45) is 1.78. The van der Waals surface area contributed by atoms with Gasteiger partial charge in [-0.3, -0.25) is 4.79 Å². The maximum atomic E-state index is 12.9. The molecule has 5 heteroatoms. The first-order valence-corrected chi connectivity index (χ1v) is 6.49. The predicted molar refractivity (Wildman–Crippen MR) is 70.0 cm³/mol. The molecule has 0 spiro atoms. The maximum Gasteiger partial charge on any atom is 0.277 e. The number of primary amides is 1. The first-order chi connectivity index (χ1) is 8.61. The topological polar surface area (TPSA) is 56.0 Å². The van der Waals surface area contributed by atoms with E-state index in [9.17, 15) is 9.18 Å². The number of thiazole rings is 1. The molecule has 0 bridgehead atoms. The fourth-order valence-electron chi connectivity index (χ4n) is 1.69. The van der Waals surface area contributed by atoms with Crippen LogP contribution >= 0.6 is 11.3 Å². The molecule has 0 unspecified atom stereocenters. The SMILES string of the molecule is CCCc1sc(C(N)=O)nc1-c1ccc(F)cc1. The number of hydrogen-bond donors (Lipinski definition) is 1. The summed E-state index contributed by atoms with van der Waals surface area (Å²) in [5.74, 6) is -0.813. The standard InChI is InChI=1S/C13H13FN2OS/c1-2-3-10-11(16-13(18-10)12(15)17)8-4-6-9(14)7-5-8/h4-7H,2-3H2,1H3,(H2,15,17). The fraction of sp³-hybridized carbons (Fsp3) is 0.231. The molecule has 1 amide bonds. The van der Waals surface area contributed by atoms with Crippen molar-refractivity contribution in [3.63, 3.8) is 0 Å². The van der Waals surface area contributed by atoms with E-state index >= 15 is 0 Å². The van der Waals surface area contributed by atoms with Crippen LogP contribution in [0.5, 0.6) is 0 Å². The van der Waals surface area contributed by atoms with Gasteiger partial charge in [0.05, 0.1) is 5.69 Å². The fourth-order valence-corrected chi connectivity index (χ4v) is 2.72. The van der Waals surface area contributed by atoms with Gasteiger partial charge in [-0.2, -0.15) is 0 Å². The number of aromatic nitrogens is 1. The van der Waals surface area contributed by atoms with Crippen molar-refractivity contribution in [2.75, 3.05) is 0 Å². The van der Waals surface area contributed by atoms with Crippen molar-refractivity contribution >= 4 is 17.2 Å². The zero-order valence-corrected chi connectivity index (χ0v) is 10.8. The van der Waals surface area contributed by atoms with Gasteiger partial charge < -0.3 is 5.73 Å². The number of aryl methyl sites for hydroxylation is 1. The largest absolute Gasteiger partial charge is 0.364 e. The lowest BCUT2D eigenvalue weighted by atomic mass is 10.1. The molecule has 94 valence electrons. The molecule has 0 atom stereocenters. The van der Waals surface area contributed by atoms with E-state index in [4.69, 9.17) is 5.73 Å². The highest BCUT2D eigenvalue weighted by Crippen LogP contribution is 2.29. The highest BCUT2D eigenvalue weighted by molar-refractivity contribution is 7.14. The Labute approximate surface area is 108 Å². The van der Waals surface area contributed by atoms with Crippen LogP contribution < -0.4 is 5.73 Å². The summed E-state index contributed by atoms with van der Waals surface area (Å²) in [5.41, 5.74) is 6.78. The van der Waals surface area contributed by atoms with E-state index in [1.807, 2.05) is 0 Å². The molecule has 0 fully saturated rings. The molecule has 2 rings (SSSR count). The lowest BCUT2D eigenvalue weighted by Crippen LogP contribution is -2.10. The van der Waals surface area contributed by atoms with Crippen LogP contribution in [0.15, 0.2) is 24.3 Å². The molecule has 18 heavy (non-hydrogen) atoms. The average Bonchev–Trinajstić information content (AvgIpc) is 2.75. The number of carbonyl (C=O) groups is 1. The van der Waals surface area contributed by atoms with Gasteiger partial charge in [-0.15, -0.1) is 11.3 Å². The lowest BCUT2D eigenvalue weighted by molar-refractivity contribution is 0.1000. The van der Waals surface area contributed by atoms with Gasteiger partial charge in [0, 0.05) is 10.4 Å². The third-order valence-corrected chi connectivity index (χ3v) is 3.63. The van der Waals surface area contributed by atoms with Crippen molar-refractivity contribution in [2.24, 2.45) is 5.73 Å². The Morgan fingerprint density at radius 1 is 1.39 bits per heavy atom. The summed E-state index contributed by atoms with van der Waals surface area (Å²) in [7, 11) is 0. The number of halogens is 1. The number of hydrogen-bond acceptors (Lipinski definition) is 3. The van der Waals surface area contributed by atoms with E-state index in [0.717, 1.165) is 29.0 Å². The van der Waals surface area contributed by atoms with Gasteiger partial charge >= 0.3 is 0 Å². The van der Waals surface area contributed by atoms with Crippen molar-refractivity contribution in [1.82, 2.24) is 4.98 Å². The van der Waals surface area contributed by atoms with E-state index in [1.165, 1.54) is 23.5 Å². The summed E-state index contributed by atoms with van der Waals surface area (Å²) in [6.45, 7) is 2.05. The van der Waals surface area contributed by atoms with E-state index in [0.29, 0.717) is 5.01 Å². The van der Waals surface area contributed by atoms with E-state index < -0.39 is 5.91 Å². The number of carbonyl (C=O) groups excluding carboxylic acids is 1. The van der Waals surface area contributed by atoms with Crippen LogP contribution in [0, 0.1) is 5.82 Å². The van der Waals surface area contributed by atoms with Crippen LogP contribution in [-0.4, -0.2) is 10.9 Å². The van der Waals surface area contributed by atoms with E-state index in [1.54, 1.807) is 12.1 Å². The van der Waals surface area contributed by atoms with Gasteiger partial charge in [0.25, 0.3) is 5.91 Å². The smallest absolute Gasteiger partial charge is 0.277 e. The molecule has 0 aliphatic rings. The first-order valence-electron chi connectivity index (χ1n) is 5.67. The minimum Gasteiger partial charge on any atom is -0.364 e. The molecule has 1 heterocycles. The number of amides is 1. The first kappa shape index (κ1) is 12.7. The summed E-state index contributed by atoms with van der Waals surface area (Å²) < 4.78 is 12.9. The van der Waals surface area contributed by atoms with Crippen molar-refractivity contribution in [2.45, 2.75) is 19.8 Å².